The fourth-order valence-corrected chi connectivity index (χ4v) is 3.69. The van der Waals surface area contributed by atoms with E-state index in [0.29, 0.717) is 6.42 Å². The summed E-state index contributed by atoms with van der Waals surface area (Å²) in [7, 11) is 0. The van der Waals surface area contributed by atoms with Crippen molar-refractivity contribution in [2.24, 2.45) is 5.92 Å². The van der Waals surface area contributed by atoms with Crippen molar-refractivity contribution in [2.75, 3.05) is 38.2 Å². The monoisotopic (exact) mass is 346 g/mol. The SMILES string of the molecule is O=C(Nc1ccc(C(O)CCN2CCOCC2)cc1)C1CCCCC1. The summed E-state index contributed by atoms with van der Waals surface area (Å²) < 4.78 is 5.34. The van der Waals surface area contributed by atoms with Crippen molar-refractivity contribution in [1.82, 2.24) is 4.90 Å². The quantitative estimate of drug-likeness (QED) is 0.831. The van der Waals surface area contributed by atoms with E-state index >= 15 is 0 Å². The van der Waals surface area contributed by atoms with Crippen LogP contribution in [0.2, 0.25) is 0 Å². The molecule has 1 amide bonds. The van der Waals surface area contributed by atoms with Crippen LogP contribution in [-0.2, 0) is 9.53 Å². The number of nitrogens with zero attached hydrogens (tertiary/aromatic N) is 1. The molecule has 25 heavy (non-hydrogen) atoms. The molecular formula is C20H30N2O3. The largest absolute Gasteiger partial charge is 0.388 e. The lowest BCUT2D eigenvalue weighted by Crippen LogP contribution is -2.37. The van der Waals surface area contributed by atoms with E-state index in [-0.39, 0.29) is 11.8 Å². The first kappa shape index (κ1) is 18.4. The van der Waals surface area contributed by atoms with Gasteiger partial charge in [-0.2, -0.15) is 0 Å². The fraction of sp³-hybridized carbons (Fsp3) is 0.650. The number of ether oxygens (including phenoxy) is 1. The van der Waals surface area contributed by atoms with Crippen LogP contribution >= 0.6 is 0 Å². The van der Waals surface area contributed by atoms with Gasteiger partial charge in [0.2, 0.25) is 5.91 Å². The van der Waals surface area contributed by atoms with Crippen LogP contribution in [0.1, 0.15) is 50.2 Å². The van der Waals surface area contributed by atoms with Gasteiger partial charge in [-0.05, 0) is 37.0 Å². The minimum Gasteiger partial charge on any atom is -0.388 e. The summed E-state index contributed by atoms with van der Waals surface area (Å²) in [5.74, 6) is 0.299. The lowest BCUT2D eigenvalue weighted by Gasteiger charge is -2.27. The molecule has 5 heteroatoms. The number of rotatable bonds is 6. The Morgan fingerprint density at radius 1 is 1.16 bits per heavy atom. The van der Waals surface area contributed by atoms with Crippen LogP contribution < -0.4 is 5.32 Å². The molecule has 1 unspecified atom stereocenters. The highest BCUT2D eigenvalue weighted by molar-refractivity contribution is 5.92. The molecule has 2 N–H and O–H groups in total. The van der Waals surface area contributed by atoms with Crippen LogP contribution in [0.25, 0.3) is 0 Å². The maximum atomic E-state index is 12.3. The Hall–Kier alpha value is -1.43. The zero-order valence-electron chi connectivity index (χ0n) is 15.0. The summed E-state index contributed by atoms with van der Waals surface area (Å²) >= 11 is 0. The van der Waals surface area contributed by atoms with Gasteiger partial charge in [0.15, 0.2) is 0 Å². The highest BCUT2D eigenvalue weighted by atomic mass is 16.5. The number of carbonyl (C=O) groups excluding carboxylic acids is 1. The van der Waals surface area contributed by atoms with Crippen LogP contribution in [0.15, 0.2) is 24.3 Å². The number of anilines is 1. The number of nitrogens with one attached hydrogen (secondary N) is 1. The third kappa shape index (κ3) is 5.53. The van der Waals surface area contributed by atoms with Crippen molar-refractivity contribution in [1.29, 1.82) is 0 Å². The summed E-state index contributed by atoms with van der Waals surface area (Å²) in [4.78, 5) is 14.6. The molecule has 0 radical (unpaired) electrons. The first-order valence-electron chi connectivity index (χ1n) is 9.61. The van der Waals surface area contributed by atoms with E-state index in [1.807, 2.05) is 24.3 Å². The second-order valence-electron chi connectivity index (χ2n) is 7.20. The normalized spacial score (nSPS) is 21.0. The number of carbonyl (C=O) groups is 1. The van der Waals surface area contributed by atoms with Crippen molar-refractivity contribution in [3.63, 3.8) is 0 Å². The lowest BCUT2D eigenvalue weighted by molar-refractivity contribution is -0.120. The summed E-state index contributed by atoms with van der Waals surface area (Å²) in [5.41, 5.74) is 1.73. The van der Waals surface area contributed by atoms with Crippen LogP contribution in [0.4, 0.5) is 5.69 Å². The van der Waals surface area contributed by atoms with Crippen molar-refractivity contribution in [2.45, 2.75) is 44.6 Å². The predicted molar refractivity (Wildman–Crippen MR) is 98.5 cm³/mol. The molecule has 1 heterocycles. The molecule has 0 aromatic heterocycles. The molecule has 0 bridgehead atoms. The first-order chi connectivity index (χ1) is 12.2. The molecule has 1 aromatic carbocycles. The topological polar surface area (TPSA) is 61.8 Å². The number of aliphatic hydroxyl groups excluding tert-OH is 1. The smallest absolute Gasteiger partial charge is 0.227 e. The molecule has 5 nitrogen and oxygen atoms in total. The minimum absolute atomic E-state index is 0.139. The number of aliphatic hydroxyl groups is 1. The molecule has 2 aliphatic rings. The summed E-state index contributed by atoms with van der Waals surface area (Å²) in [6.45, 7) is 4.33. The molecule has 2 fully saturated rings. The number of hydrogen-bond donors (Lipinski definition) is 2. The molecular weight excluding hydrogens is 316 g/mol. The Balaban J connectivity index is 1.46. The van der Waals surface area contributed by atoms with E-state index in [1.54, 1.807) is 0 Å². The third-order valence-corrected chi connectivity index (χ3v) is 5.36. The Kier molecular flexibility index (Phi) is 6.84. The Bertz CT molecular complexity index is 534. The number of benzene rings is 1. The zero-order chi connectivity index (χ0) is 17.5. The van der Waals surface area contributed by atoms with Crippen LogP contribution in [0.3, 0.4) is 0 Å². The highest BCUT2D eigenvalue weighted by Gasteiger charge is 2.21. The van der Waals surface area contributed by atoms with Gasteiger partial charge < -0.3 is 15.2 Å². The molecule has 1 aromatic rings. The lowest BCUT2D eigenvalue weighted by atomic mass is 9.88. The average Bonchev–Trinajstić information content (AvgIpc) is 2.68. The second kappa shape index (κ2) is 9.32. The Morgan fingerprint density at radius 3 is 2.52 bits per heavy atom. The number of hydrogen-bond acceptors (Lipinski definition) is 4. The minimum atomic E-state index is -0.467. The van der Waals surface area contributed by atoms with Gasteiger partial charge in [-0.3, -0.25) is 9.69 Å². The molecule has 138 valence electrons. The van der Waals surface area contributed by atoms with Gasteiger partial charge in [0.1, 0.15) is 0 Å². The molecule has 1 atom stereocenters. The van der Waals surface area contributed by atoms with Crippen molar-refractivity contribution < 1.29 is 14.6 Å². The van der Waals surface area contributed by atoms with E-state index in [1.165, 1.54) is 6.42 Å². The van der Waals surface area contributed by atoms with Crippen molar-refractivity contribution in [3.8, 4) is 0 Å². The second-order valence-corrected chi connectivity index (χ2v) is 7.20. The maximum Gasteiger partial charge on any atom is 0.227 e. The fourth-order valence-electron chi connectivity index (χ4n) is 3.69. The van der Waals surface area contributed by atoms with Gasteiger partial charge in [-0.15, -0.1) is 0 Å². The summed E-state index contributed by atoms with van der Waals surface area (Å²) in [6.07, 6.45) is 5.83. The van der Waals surface area contributed by atoms with Gasteiger partial charge in [0, 0.05) is 31.2 Å². The van der Waals surface area contributed by atoms with Gasteiger partial charge >= 0.3 is 0 Å². The highest BCUT2D eigenvalue weighted by Crippen LogP contribution is 2.25. The number of amides is 1. The van der Waals surface area contributed by atoms with Crippen molar-refractivity contribution in [3.05, 3.63) is 29.8 Å². The first-order valence-corrected chi connectivity index (χ1v) is 9.61. The van der Waals surface area contributed by atoms with Gasteiger partial charge in [-0.1, -0.05) is 31.4 Å². The molecule has 3 rings (SSSR count). The Labute approximate surface area is 150 Å². The van der Waals surface area contributed by atoms with E-state index < -0.39 is 6.10 Å². The van der Waals surface area contributed by atoms with E-state index in [0.717, 1.165) is 69.8 Å². The molecule has 0 spiro atoms. The molecule has 1 saturated carbocycles. The van der Waals surface area contributed by atoms with E-state index in [2.05, 4.69) is 10.2 Å². The van der Waals surface area contributed by atoms with E-state index in [4.69, 9.17) is 4.74 Å². The number of morpholine rings is 1. The van der Waals surface area contributed by atoms with Gasteiger partial charge in [0.25, 0.3) is 0 Å². The van der Waals surface area contributed by atoms with Crippen LogP contribution in [0.5, 0.6) is 0 Å². The standard InChI is InChI=1S/C20H30N2O3/c23-19(10-11-22-12-14-25-15-13-22)16-6-8-18(9-7-16)21-20(24)17-4-2-1-3-5-17/h6-9,17,19,23H,1-5,10-15H2,(H,21,24). The van der Waals surface area contributed by atoms with Crippen LogP contribution in [0, 0.1) is 5.92 Å². The molecule has 1 saturated heterocycles. The average molecular weight is 346 g/mol. The summed E-state index contributed by atoms with van der Waals surface area (Å²) in [5, 5.41) is 13.4. The Morgan fingerprint density at radius 2 is 1.84 bits per heavy atom. The predicted octanol–water partition coefficient (Wildman–Crippen LogP) is 2.96. The maximum absolute atomic E-state index is 12.3. The van der Waals surface area contributed by atoms with Gasteiger partial charge in [0.05, 0.1) is 19.3 Å². The molecule has 1 aliphatic heterocycles. The van der Waals surface area contributed by atoms with Crippen LogP contribution in [-0.4, -0.2) is 48.8 Å². The van der Waals surface area contributed by atoms with Gasteiger partial charge in [-0.25, -0.2) is 0 Å². The zero-order valence-corrected chi connectivity index (χ0v) is 15.0. The summed E-state index contributed by atoms with van der Waals surface area (Å²) in [6, 6.07) is 7.63. The third-order valence-electron chi connectivity index (χ3n) is 5.36. The van der Waals surface area contributed by atoms with Crippen molar-refractivity contribution >= 4 is 11.6 Å². The molecule has 1 aliphatic carbocycles. The van der Waals surface area contributed by atoms with E-state index in [9.17, 15) is 9.90 Å².